The quantitative estimate of drug-likeness (QED) is 0.0146. The van der Waals surface area contributed by atoms with Crippen LogP contribution in [0.3, 0.4) is 0 Å². The van der Waals surface area contributed by atoms with Gasteiger partial charge in [-0.3, -0.25) is 32.5 Å². The number of carbonyl (C=O) groups is 3. The molecule has 0 heterocycles. The Morgan fingerprint density at radius 1 is 0.221 bits per heavy atom. The van der Waals surface area contributed by atoms with Crippen molar-refractivity contribution in [1.82, 2.24) is 0 Å². The topological polar surface area (TPSA) is 231 Å². The van der Waals surface area contributed by atoms with Crippen LogP contribution in [0.1, 0.15) is 470 Å². The van der Waals surface area contributed by atoms with E-state index in [2.05, 4.69) is 191 Å². The van der Waals surface area contributed by atoms with Gasteiger partial charge < -0.3 is 34.2 Å². The first-order valence-electron chi connectivity index (χ1n) is 53.4. The molecule has 0 aromatic rings. The van der Waals surface area contributed by atoms with E-state index in [0.29, 0.717) is 19.3 Å². The summed E-state index contributed by atoms with van der Waals surface area (Å²) in [6, 6.07) is 0. The average Bonchev–Trinajstić information content (AvgIpc) is 0.896. The number of hydrogen-bond donors (Lipinski definition) is 4. The van der Waals surface area contributed by atoms with Gasteiger partial charge in [-0.1, -0.05) is 461 Å². The summed E-state index contributed by atoms with van der Waals surface area (Å²) in [5.41, 5.74) is 0. The maximum Gasteiger partial charge on any atom is 0.472 e. The second kappa shape index (κ2) is 104. The lowest BCUT2D eigenvalue weighted by Crippen LogP contribution is -2.30. The van der Waals surface area contributed by atoms with Crippen LogP contribution < -0.4 is 0 Å². The summed E-state index contributed by atoms with van der Waals surface area (Å²) in [6.07, 6.45) is 137. The van der Waals surface area contributed by atoms with Crippen molar-refractivity contribution in [2.24, 2.45) is 0 Å². The third-order valence-electron chi connectivity index (χ3n) is 22.9. The first-order valence-corrected chi connectivity index (χ1v) is 56.4. The van der Waals surface area contributed by atoms with Crippen molar-refractivity contribution in [3.63, 3.8) is 0 Å². The summed E-state index contributed by atoms with van der Waals surface area (Å²) in [7, 11) is -9.82. The van der Waals surface area contributed by atoms with E-state index in [1.807, 2.05) is 0 Å². The van der Waals surface area contributed by atoms with Crippen molar-refractivity contribution in [2.75, 3.05) is 39.6 Å². The molecule has 0 bridgehead atoms. The largest absolute Gasteiger partial charge is 0.472 e. The second-order valence-electron chi connectivity index (χ2n) is 35.7. The molecular weight excluding hydrogens is 1680 g/mol. The molecule has 0 aliphatic carbocycles. The van der Waals surface area contributed by atoms with Gasteiger partial charge in [-0.2, -0.15) is 0 Å². The number of ether oxygens (including phenoxy) is 3. The number of aliphatic hydroxyl groups is 2. The molecule has 0 aromatic carbocycles. The number of unbranched alkanes of at least 4 members (excludes halogenated alkanes) is 50. The number of allylic oxidation sites excluding steroid dienone is 28. The van der Waals surface area contributed by atoms with Crippen molar-refractivity contribution >= 4 is 33.6 Å². The standard InChI is InChI=1S/C113H196O16P2/c1-4-7-10-13-16-19-22-25-28-31-34-37-40-43-46-49-51-52-53-54-56-59-60-63-66-69-72-75-78-81-84-87-90-93-96-99-111(116)123-102-108(114)103-125-130(119,120)126-104-109(115)105-127-131(121,122)128-107-110(129-113(118)101-98-95-92-89-86-83-80-77-74-71-68-65-62-57-48-45-42-39-36-33-30-27-24-21-18-15-12-9-6-3)106-124-112(117)100-97-94-91-88-85-82-79-76-73-70-67-64-61-58-55-50-47-44-41-38-35-32-29-26-23-20-17-14-11-8-5-2/h7,10,16-21,25-30,34-39,43-48,51-52,108-110,114-115H,4-6,8-9,11-15,22-24,31-33,40-42,49-50,53-107H2,1-3H3,(H,119,120)(H,121,122)/b10-7-,19-16-,20-17-,21-18-,28-25-,29-26-,30-27-,37-34-,38-35-,39-36-,46-43-,47-44-,48-45-,52-51-. The monoisotopic (exact) mass is 1870 g/mol. The Balaban J connectivity index is 4.59. The Hall–Kier alpha value is -5.09. The van der Waals surface area contributed by atoms with Gasteiger partial charge in [0.2, 0.25) is 0 Å². The molecule has 5 unspecified atom stereocenters. The van der Waals surface area contributed by atoms with Gasteiger partial charge in [0.05, 0.1) is 26.4 Å². The van der Waals surface area contributed by atoms with Crippen molar-refractivity contribution in [1.29, 1.82) is 0 Å². The van der Waals surface area contributed by atoms with E-state index in [0.717, 1.165) is 148 Å². The Morgan fingerprint density at radius 3 is 0.641 bits per heavy atom. The molecule has 0 saturated carbocycles. The Kier molecular flexibility index (Phi) is 99.8. The Morgan fingerprint density at radius 2 is 0.405 bits per heavy atom. The van der Waals surface area contributed by atoms with Crippen molar-refractivity contribution < 1.29 is 75.8 Å². The van der Waals surface area contributed by atoms with Crippen LogP contribution in [0.15, 0.2) is 170 Å². The number of carbonyl (C=O) groups excluding carboxylic acids is 3. The van der Waals surface area contributed by atoms with E-state index in [1.54, 1.807) is 0 Å². The molecule has 0 aliphatic heterocycles. The highest BCUT2D eigenvalue weighted by Crippen LogP contribution is 2.45. The molecule has 0 aromatic heterocycles. The molecule has 0 saturated heterocycles. The molecule has 0 amide bonds. The first-order chi connectivity index (χ1) is 64.2. The van der Waals surface area contributed by atoms with Crippen LogP contribution in [0.25, 0.3) is 0 Å². The molecule has 0 spiro atoms. The van der Waals surface area contributed by atoms with Gasteiger partial charge in [-0.05, 0) is 161 Å². The van der Waals surface area contributed by atoms with E-state index >= 15 is 0 Å². The summed E-state index contributed by atoms with van der Waals surface area (Å²) in [5, 5.41) is 20.8. The third-order valence-corrected chi connectivity index (χ3v) is 24.8. The predicted molar refractivity (Wildman–Crippen MR) is 555 cm³/mol. The minimum Gasteiger partial charge on any atom is -0.463 e. The molecule has 18 heteroatoms. The maximum absolute atomic E-state index is 13.1. The third kappa shape index (κ3) is 105. The highest BCUT2D eigenvalue weighted by atomic mass is 31.2. The fraction of sp³-hybridized carbons (Fsp3) is 0.726. The molecule has 131 heavy (non-hydrogen) atoms. The molecule has 0 fully saturated rings. The van der Waals surface area contributed by atoms with Gasteiger partial charge in [0.25, 0.3) is 0 Å². The van der Waals surface area contributed by atoms with Crippen LogP contribution >= 0.6 is 15.6 Å². The summed E-state index contributed by atoms with van der Waals surface area (Å²) in [6.45, 7) is 2.60. The molecule has 0 radical (unpaired) electrons. The van der Waals surface area contributed by atoms with Crippen LogP contribution in [0.4, 0.5) is 0 Å². The number of phosphoric ester groups is 2. The number of aliphatic hydroxyl groups excluding tert-OH is 2. The number of hydrogen-bond acceptors (Lipinski definition) is 14. The zero-order chi connectivity index (χ0) is 95.0. The van der Waals surface area contributed by atoms with Gasteiger partial charge >= 0.3 is 33.6 Å². The van der Waals surface area contributed by atoms with E-state index in [1.165, 1.54) is 263 Å². The fourth-order valence-corrected chi connectivity index (χ4v) is 16.4. The molecule has 5 atom stereocenters. The van der Waals surface area contributed by atoms with E-state index in [9.17, 15) is 43.5 Å². The number of esters is 3. The molecule has 16 nitrogen and oxygen atoms in total. The van der Waals surface area contributed by atoms with Gasteiger partial charge in [0.15, 0.2) is 6.10 Å². The van der Waals surface area contributed by atoms with Gasteiger partial charge in [0.1, 0.15) is 25.4 Å². The smallest absolute Gasteiger partial charge is 0.463 e. The van der Waals surface area contributed by atoms with Crippen LogP contribution in [0, 0.1) is 0 Å². The molecule has 0 rings (SSSR count). The van der Waals surface area contributed by atoms with Crippen molar-refractivity contribution in [2.45, 2.75) is 489 Å². The van der Waals surface area contributed by atoms with E-state index in [4.69, 9.17) is 32.3 Å². The molecule has 4 N–H and O–H groups in total. The Bertz CT molecular complexity index is 3060. The Labute approximate surface area is 803 Å². The van der Waals surface area contributed by atoms with Gasteiger partial charge in [-0.15, -0.1) is 0 Å². The average molecular weight is 1870 g/mol. The molecular formula is C113H196O16P2. The summed E-state index contributed by atoms with van der Waals surface area (Å²) in [4.78, 5) is 59.3. The van der Waals surface area contributed by atoms with Gasteiger partial charge in [-0.25, -0.2) is 9.13 Å². The van der Waals surface area contributed by atoms with Crippen LogP contribution in [0.5, 0.6) is 0 Å². The van der Waals surface area contributed by atoms with Crippen molar-refractivity contribution in [3.8, 4) is 0 Å². The predicted octanol–water partition coefficient (Wildman–Crippen LogP) is 34.1. The zero-order valence-corrected chi connectivity index (χ0v) is 85.5. The minimum absolute atomic E-state index is 0.101. The summed E-state index contributed by atoms with van der Waals surface area (Å²) < 4.78 is 61.8. The summed E-state index contributed by atoms with van der Waals surface area (Å²) in [5.74, 6) is -1.56. The lowest BCUT2D eigenvalue weighted by atomic mass is 10.0. The van der Waals surface area contributed by atoms with Crippen LogP contribution in [-0.2, 0) is 55.8 Å². The van der Waals surface area contributed by atoms with Gasteiger partial charge in [0, 0.05) is 19.3 Å². The highest BCUT2D eigenvalue weighted by Gasteiger charge is 2.30. The van der Waals surface area contributed by atoms with Crippen LogP contribution in [0.2, 0.25) is 0 Å². The zero-order valence-electron chi connectivity index (χ0n) is 83.7. The fourth-order valence-electron chi connectivity index (χ4n) is 14.8. The summed E-state index contributed by atoms with van der Waals surface area (Å²) >= 11 is 0. The van der Waals surface area contributed by atoms with E-state index < -0.39 is 91.5 Å². The second-order valence-corrected chi connectivity index (χ2v) is 38.6. The number of rotatable bonds is 101. The normalized spacial score (nSPS) is 14.3. The first kappa shape index (κ1) is 126. The molecule has 754 valence electrons. The minimum atomic E-state index is -4.95. The van der Waals surface area contributed by atoms with Crippen LogP contribution in [-0.4, -0.2) is 95.9 Å². The lowest BCUT2D eigenvalue weighted by molar-refractivity contribution is -0.161. The lowest BCUT2D eigenvalue weighted by Gasteiger charge is -2.21. The highest BCUT2D eigenvalue weighted by molar-refractivity contribution is 7.47. The van der Waals surface area contributed by atoms with Crippen molar-refractivity contribution in [3.05, 3.63) is 170 Å². The maximum atomic E-state index is 13.1. The van der Waals surface area contributed by atoms with E-state index in [-0.39, 0.29) is 19.3 Å². The SMILES string of the molecule is CC/C=C\C/C=C\C/C=C\C/C=C\C/C=C\C/C=C\CCCCCCCCCCCCCCCCCCC(=O)OCC(O)COP(=O)(O)OCC(O)COP(=O)(O)OCC(COC(=O)CCCCCCCCCCCCCCCCC/C=C\C/C=C\C/C=C\C/C=C\CCCCC)OC(=O)CCCCCCCCCCCCCCC/C=C\C/C=C\C/C=C\C/C=C\CCCCC. The number of phosphoric acid groups is 2. The molecule has 0 aliphatic rings.